The quantitative estimate of drug-likeness (QED) is 0.666. The first-order valence-electron chi connectivity index (χ1n) is 4.52. The second kappa shape index (κ2) is 5.36. The lowest BCUT2D eigenvalue weighted by Gasteiger charge is -2.21. The summed E-state index contributed by atoms with van der Waals surface area (Å²) in [6, 6.07) is 0. The van der Waals surface area contributed by atoms with Gasteiger partial charge in [-0.3, -0.25) is 0 Å². The van der Waals surface area contributed by atoms with Crippen molar-refractivity contribution in [3.8, 4) is 0 Å². The van der Waals surface area contributed by atoms with Crippen molar-refractivity contribution >= 4 is 23.5 Å². The molecule has 1 rings (SSSR count). The molecule has 0 radical (unpaired) electrons. The van der Waals surface area contributed by atoms with Gasteiger partial charge in [0.2, 0.25) is 0 Å². The first-order chi connectivity index (χ1) is 5.29. The van der Waals surface area contributed by atoms with E-state index in [0.717, 1.165) is 10.5 Å². The Morgan fingerprint density at radius 3 is 2.45 bits per heavy atom. The molecule has 1 saturated heterocycles. The van der Waals surface area contributed by atoms with Crippen molar-refractivity contribution in [3.63, 3.8) is 0 Å². The van der Waals surface area contributed by atoms with E-state index in [9.17, 15) is 0 Å². The summed E-state index contributed by atoms with van der Waals surface area (Å²) in [5.74, 6) is 3.68. The van der Waals surface area contributed by atoms with Crippen LogP contribution in [0.1, 0.15) is 33.1 Å². The summed E-state index contributed by atoms with van der Waals surface area (Å²) in [5, 5.41) is 0. The van der Waals surface area contributed by atoms with Crippen molar-refractivity contribution in [3.05, 3.63) is 0 Å². The third-order valence-corrected chi connectivity index (χ3v) is 4.96. The summed E-state index contributed by atoms with van der Waals surface area (Å²) in [5.41, 5.74) is 0. The highest BCUT2D eigenvalue weighted by Crippen LogP contribution is 2.34. The van der Waals surface area contributed by atoms with E-state index in [4.69, 9.17) is 0 Å². The SMILES string of the molecule is CC(C)CCC1SCCCS1. The van der Waals surface area contributed by atoms with Crippen LogP contribution < -0.4 is 0 Å². The van der Waals surface area contributed by atoms with Crippen LogP contribution in [0.2, 0.25) is 0 Å². The molecule has 2 heteroatoms. The van der Waals surface area contributed by atoms with E-state index in [2.05, 4.69) is 37.4 Å². The van der Waals surface area contributed by atoms with Gasteiger partial charge in [-0.2, -0.15) is 0 Å². The van der Waals surface area contributed by atoms with Gasteiger partial charge in [-0.1, -0.05) is 13.8 Å². The molecule has 0 aromatic heterocycles. The van der Waals surface area contributed by atoms with Gasteiger partial charge >= 0.3 is 0 Å². The summed E-state index contributed by atoms with van der Waals surface area (Å²) in [4.78, 5) is 0. The maximum atomic E-state index is 2.32. The highest BCUT2D eigenvalue weighted by molar-refractivity contribution is 8.17. The lowest BCUT2D eigenvalue weighted by atomic mass is 10.1. The zero-order valence-corrected chi connectivity index (χ0v) is 9.14. The Labute approximate surface area is 78.9 Å². The molecule has 66 valence electrons. The van der Waals surface area contributed by atoms with Gasteiger partial charge in [0.25, 0.3) is 0 Å². The zero-order valence-electron chi connectivity index (χ0n) is 7.51. The molecule has 0 unspecified atom stereocenters. The molecule has 1 fully saturated rings. The molecule has 0 spiro atoms. The fraction of sp³-hybridized carbons (Fsp3) is 1.00. The third kappa shape index (κ3) is 4.32. The Balaban J connectivity index is 2.05. The van der Waals surface area contributed by atoms with Crippen LogP contribution in [-0.4, -0.2) is 16.1 Å². The molecule has 0 amide bonds. The molecule has 0 aliphatic carbocycles. The highest BCUT2D eigenvalue weighted by Gasteiger charge is 2.13. The second-order valence-corrected chi connectivity index (χ2v) is 6.42. The van der Waals surface area contributed by atoms with Crippen LogP contribution in [0.25, 0.3) is 0 Å². The molecule has 1 aliphatic rings. The van der Waals surface area contributed by atoms with Gasteiger partial charge in [0.1, 0.15) is 0 Å². The Morgan fingerprint density at radius 2 is 1.91 bits per heavy atom. The first-order valence-corrected chi connectivity index (χ1v) is 6.62. The van der Waals surface area contributed by atoms with Crippen LogP contribution in [0.15, 0.2) is 0 Å². The minimum atomic E-state index is 0.887. The maximum absolute atomic E-state index is 2.32. The number of hydrogen-bond acceptors (Lipinski definition) is 2. The van der Waals surface area contributed by atoms with E-state index in [1.54, 1.807) is 0 Å². The van der Waals surface area contributed by atoms with E-state index in [1.807, 2.05) is 0 Å². The van der Waals surface area contributed by atoms with Gasteiger partial charge in [-0.25, -0.2) is 0 Å². The molecular formula is C9H18S2. The number of rotatable bonds is 3. The molecule has 11 heavy (non-hydrogen) atoms. The average molecular weight is 190 g/mol. The van der Waals surface area contributed by atoms with E-state index < -0.39 is 0 Å². The van der Waals surface area contributed by atoms with Crippen molar-refractivity contribution < 1.29 is 0 Å². The largest absolute Gasteiger partial charge is 0.148 e. The van der Waals surface area contributed by atoms with Crippen LogP contribution >= 0.6 is 23.5 Å². The van der Waals surface area contributed by atoms with Crippen LogP contribution in [0.5, 0.6) is 0 Å². The maximum Gasteiger partial charge on any atom is 0.0502 e. The van der Waals surface area contributed by atoms with Crippen molar-refractivity contribution in [2.45, 2.75) is 37.7 Å². The van der Waals surface area contributed by atoms with E-state index in [0.29, 0.717) is 0 Å². The molecule has 1 heterocycles. The Morgan fingerprint density at radius 1 is 1.27 bits per heavy atom. The monoisotopic (exact) mass is 190 g/mol. The van der Waals surface area contributed by atoms with E-state index in [-0.39, 0.29) is 0 Å². The van der Waals surface area contributed by atoms with Gasteiger partial charge in [0, 0.05) is 0 Å². The van der Waals surface area contributed by atoms with E-state index in [1.165, 1.54) is 30.8 Å². The molecular weight excluding hydrogens is 172 g/mol. The van der Waals surface area contributed by atoms with Crippen LogP contribution in [0.4, 0.5) is 0 Å². The Bertz CT molecular complexity index is 95.7. The minimum absolute atomic E-state index is 0.887. The lowest BCUT2D eigenvalue weighted by molar-refractivity contribution is 0.572. The summed E-state index contributed by atoms with van der Waals surface area (Å²) in [7, 11) is 0. The Kier molecular flexibility index (Phi) is 4.77. The van der Waals surface area contributed by atoms with Crippen LogP contribution in [-0.2, 0) is 0 Å². The summed E-state index contributed by atoms with van der Waals surface area (Å²) in [6.45, 7) is 4.64. The third-order valence-electron chi connectivity index (χ3n) is 1.88. The fourth-order valence-electron chi connectivity index (χ4n) is 1.17. The molecule has 1 aliphatic heterocycles. The summed E-state index contributed by atoms with van der Waals surface area (Å²) >= 11 is 4.34. The molecule has 0 saturated carbocycles. The number of thioether (sulfide) groups is 2. The lowest BCUT2D eigenvalue weighted by Crippen LogP contribution is -2.07. The summed E-state index contributed by atoms with van der Waals surface area (Å²) < 4.78 is 0.922. The van der Waals surface area contributed by atoms with Crippen LogP contribution in [0, 0.1) is 5.92 Å². The van der Waals surface area contributed by atoms with E-state index >= 15 is 0 Å². The highest BCUT2D eigenvalue weighted by atomic mass is 32.2. The minimum Gasteiger partial charge on any atom is -0.148 e. The molecule has 0 atom stereocenters. The van der Waals surface area contributed by atoms with Gasteiger partial charge in [0.05, 0.1) is 4.58 Å². The fourth-order valence-corrected chi connectivity index (χ4v) is 4.07. The zero-order chi connectivity index (χ0) is 8.10. The van der Waals surface area contributed by atoms with Gasteiger partial charge in [-0.05, 0) is 36.7 Å². The molecule has 0 bridgehead atoms. The van der Waals surface area contributed by atoms with Crippen molar-refractivity contribution in [1.29, 1.82) is 0 Å². The van der Waals surface area contributed by atoms with Gasteiger partial charge < -0.3 is 0 Å². The average Bonchev–Trinajstić information content (AvgIpc) is 2.03. The van der Waals surface area contributed by atoms with Gasteiger partial charge in [0.15, 0.2) is 0 Å². The smallest absolute Gasteiger partial charge is 0.0502 e. The predicted molar refractivity (Wildman–Crippen MR) is 57.4 cm³/mol. The molecule has 0 N–H and O–H groups in total. The topological polar surface area (TPSA) is 0 Å². The van der Waals surface area contributed by atoms with Crippen molar-refractivity contribution in [1.82, 2.24) is 0 Å². The van der Waals surface area contributed by atoms with Crippen molar-refractivity contribution in [2.24, 2.45) is 5.92 Å². The normalized spacial score (nSPS) is 21.0. The van der Waals surface area contributed by atoms with Crippen molar-refractivity contribution in [2.75, 3.05) is 11.5 Å². The second-order valence-electron chi connectivity index (χ2n) is 3.50. The summed E-state index contributed by atoms with van der Waals surface area (Å²) in [6.07, 6.45) is 4.26. The van der Waals surface area contributed by atoms with Crippen LogP contribution in [0.3, 0.4) is 0 Å². The number of hydrogen-bond donors (Lipinski definition) is 0. The first kappa shape index (κ1) is 9.79. The predicted octanol–water partition coefficient (Wildman–Crippen LogP) is 3.62. The standard InChI is InChI=1S/C9H18S2/c1-8(2)4-5-9-10-6-3-7-11-9/h8-9H,3-7H2,1-2H3. The Hall–Kier alpha value is 0.700. The molecule has 0 aromatic carbocycles. The molecule has 0 aromatic rings. The molecule has 0 nitrogen and oxygen atoms in total. The van der Waals surface area contributed by atoms with Gasteiger partial charge in [-0.15, -0.1) is 23.5 Å².